The molecule has 108 valence electrons. The summed E-state index contributed by atoms with van der Waals surface area (Å²) in [5, 5.41) is 10.6. The second-order valence-corrected chi connectivity index (χ2v) is 6.43. The molecule has 1 atom stereocenters. The van der Waals surface area contributed by atoms with Crippen molar-refractivity contribution in [2.24, 2.45) is 11.8 Å². The molecule has 3 nitrogen and oxygen atoms in total. The zero-order valence-corrected chi connectivity index (χ0v) is 12.9. The van der Waals surface area contributed by atoms with Gasteiger partial charge in [0.2, 0.25) is 0 Å². The number of hydrogen-bond acceptors (Lipinski definition) is 3. The van der Waals surface area contributed by atoms with Gasteiger partial charge >= 0.3 is 0 Å². The second kappa shape index (κ2) is 6.92. The van der Waals surface area contributed by atoms with Crippen molar-refractivity contribution < 1.29 is 9.90 Å². The van der Waals surface area contributed by atoms with Gasteiger partial charge in [-0.1, -0.05) is 25.7 Å². The molecule has 0 spiro atoms. The summed E-state index contributed by atoms with van der Waals surface area (Å²) < 4.78 is 0. The van der Waals surface area contributed by atoms with Gasteiger partial charge in [0.25, 0.3) is 5.91 Å². The fraction of sp³-hybridized carbons (Fsp3) is 0.562. The first-order chi connectivity index (χ1) is 9.61. The summed E-state index contributed by atoms with van der Waals surface area (Å²) >= 11 is 1.49. The minimum Gasteiger partial charge on any atom is -0.395 e. The van der Waals surface area contributed by atoms with Gasteiger partial charge in [0, 0.05) is 24.9 Å². The molecule has 0 aromatic carbocycles. The SMILES string of the molecule is CC(C)C1CCN(C(=O)c2csc(C#CCCO)c2)C1. The van der Waals surface area contributed by atoms with Gasteiger partial charge < -0.3 is 10.0 Å². The number of aliphatic hydroxyl groups excluding tert-OH is 1. The highest BCUT2D eigenvalue weighted by molar-refractivity contribution is 7.10. The van der Waals surface area contributed by atoms with E-state index in [1.165, 1.54) is 11.3 Å². The van der Waals surface area contributed by atoms with Gasteiger partial charge in [-0.2, -0.15) is 0 Å². The molecule has 0 aliphatic carbocycles. The molecule has 1 unspecified atom stereocenters. The average molecular weight is 291 g/mol. The quantitative estimate of drug-likeness (QED) is 0.870. The molecule has 1 aliphatic rings. The number of nitrogens with zero attached hydrogens (tertiary/aromatic N) is 1. The first-order valence-electron chi connectivity index (χ1n) is 7.09. The Labute approximate surface area is 124 Å². The second-order valence-electron chi connectivity index (χ2n) is 5.52. The number of carbonyl (C=O) groups is 1. The number of hydrogen-bond donors (Lipinski definition) is 1. The first-order valence-corrected chi connectivity index (χ1v) is 7.97. The summed E-state index contributed by atoms with van der Waals surface area (Å²) in [6.07, 6.45) is 1.58. The summed E-state index contributed by atoms with van der Waals surface area (Å²) in [5.74, 6) is 7.24. The molecule has 4 heteroatoms. The fourth-order valence-corrected chi connectivity index (χ4v) is 3.17. The Bertz CT molecular complexity index is 524. The molecular weight excluding hydrogens is 270 g/mol. The molecule has 1 saturated heterocycles. The Morgan fingerprint density at radius 3 is 3.05 bits per heavy atom. The van der Waals surface area contributed by atoms with Crippen molar-refractivity contribution in [2.75, 3.05) is 19.7 Å². The topological polar surface area (TPSA) is 40.5 Å². The van der Waals surface area contributed by atoms with Crippen LogP contribution in [0.4, 0.5) is 0 Å². The standard InChI is InChI=1S/C16H21NO2S/c1-12(2)13-6-7-17(10-13)16(19)14-9-15(20-11-14)5-3-4-8-18/h9,11-13,18H,4,6-8,10H2,1-2H3. The van der Waals surface area contributed by atoms with E-state index in [4.69, 9.17) is 5.11 Å². The van der Waals surface area contributed by atoms with Crippen LogP contribution in [0.1, 0.15) is 41.9 Å². The monoisotopic (exact) mass is 291 g/mol. The minimum atomic E-state index is 0.0779. The van der Waals surface area contributed by atoms with E-state index in [0.717, 1.165) is 30.0 Å². The lowest BCUT2D eigenvalue weighted by molar-refractivity contribution is 0.0784. The van der Waals surface area contributed by atoms with Crippen LogP contribution < -0.4 is 0 Å². The maximum atomic E-state index is 12.4. The fourth-order valence-electron chi connectivity index (χ4n) is 2.42. The van der Waals surface area contributed by atoms with E-state index >= 15 is 0 Å². The molecule has 0 radical (unpaired) electrons. The lowest BCUT2D eigenvalue weighted by Gasteiger charge is -2.17. The summed E-state index contributed by atoms with van der Waals surface area (Å²) in [5.41, 5.74) is 0.743. The molecule has 20 heavy (non-hydrogen) atoms. The average Bonchev–Trinajstić information content (AvgIpc) is 3.07. The Morgan fingerprint density at radius 1 is 1.60 bits per heavy atom. The molecular formula is C16H21NO2S. The van der Waals surface area contributed by atoms with Gasteiger partial charge in [-0.25, -0.2) is 0 Å². The molecule has 1 aromatic heterocycles. The number of likely N-dealkylation sites (tertiary alicyclic amines) is 1. The van der Waals surface area contributed by atoms with Crippen LogP contribution in [0.2, 0.25) is 0 Å². The molecule has 1 aromatic rings. The molecule has 0 bridgehead atoms. The highest BCUT2D eigenvalue weighted by atomic mass is 32.1. The smallest absolute Gasteiger partial charge is 0.254 e. The maximum Gasteiger partial charge on any atom is 0.254 e. The van der Waals surface area contributed by atoms with Crippen LogP contribution in [0.3, 0.4) is 0 Å². The highest BCUT2D eigenvalue weighted by Crippen LogP contribution is 2.25. The van der Waals surface area contributed by atoms with Crippen LogP contribution in [-0.2, 0) is 0 Å². The summed E-state index contributed by atoms with van der Waals surface area (Å²) in [6, 6.07) is 1.86. The van der Waals surface area contributed by atoms with Crippen LogP contribution in [0.25, 0.3) is 0 Å². The Balaban J connectivity index is 1.99. The van der Waals surface area contributed by atoms with Gasteiger partial charge in [0.05, 0.1) is 17.0 Å². The van der Waals surface area contributed by atoms with Gasteiger partial charge in [-0.15, -0.1) is 11.3 Å². The van der Waals surface area contributed by atoms with Gasteiger partial charge in [0.15, 0.2) is 0 Å². The molecule has 2 rings (SSSR count). The van der Waals surface area contributed by atoms with Gasteiger partial charge in [0.1, 0.15) is 0 Å². The van der Waals surface area contributed by atoms with Gasteiger partial charge in [-0.05, 0) is 24.3 Å². The van der Waals surface area contributed by atoms with E-state index in [2.05, 4.69) is 25.7 Å². The largest absolute Gasteiger partial charge is 0.395 e. The van der Waals surface area contributed by atoms with E-state index in [1.54, 1.807) is 0 Å². The van der Waals surface area contributed by atoms with Crippen molar-refractivity contribution in [1.82, 2.24) is 4.90 Å². The molecule has 1 amide bonds. The van der Waals surface area contributed by atoms with E-state index in [1.807, 2.05) is 16.3 Å². The Hall–Kier alpha value is -1.31. The van der Waals surface area contributed by atoms with Crippen LogP contribution in [0, 0.1) is 23.7 Å². The lowest BCUT2D eigenvalue weighted by atomic mass is 9.95. The molecule has 2 heterocycles. The molecule has 1 aliphatic heterocycles. The zero-order chi connectivity index (χ0) is 14.5. The number of aliphatic hydroxyl groups is 1. The first kappa shape index (κ1) is 15.1. The maximum absolute atomic E-state index is 12.4. The van der Waals surface area contributed by atoms with Crippen molar-refractivity contribution in [3.63, 3.8) is 0 Å². The van der Waals surface area contributed by atoms with Crippen LogP contribution in [0.5, 0.6) is 0 Å². The molecule has 0 saturated carbocycles. The minimum absolute atomic E-state index is 0.0779. The Morgan fingerprint density at radius 2 is 2.40 bits per heavy atom. The summed E-state index contributed by atoms with van der Waals surface area (Å²) in [6.45, 7) is 6.26. The number of thiophene rings is 1. The van der Waals surface area contributed by atoms with E-state index in [0.29, 0.717) is 18.3 Å². The number of amides is 1. The summed E-state index contributed by atoms with van der Waals surface area (Å²) in [4.78, 5) is 15.2. The van der Waals surface area contributed by atoms with Crippen molar-refractivity contribution in [1.29, 1.82) is 0 Å². The van der Waals surface area contributed by atoms with Gasteiger partial charge in [-0.3, -0.25) is 4.79 Å². The van der Waals surface area contributed by atoms with E-state index in [-0.39, 0.29) is 12.5 Å². The predicted octanol–water partition coefficient (Wildman–Crippen LogP) is 2.60. The predicted molar refractivity (Wildman–Crippen MR) is 81.7 cm³/mol. The van der Waals surface area contributed by atoms with Crippen molar-refractivity contribution in [3.8, 4) is 11.8 Å². The normalized spacial score (nSPS) is 18.2. The Kier molecular flexibility index (Phi) is 5.22. The third-order valence-corrected chi connectivity index (χ3v) is 4.60. The third kappa shape index (κ3) is 3.62. The van der Waals surface area contributed by atoms with Crippen LogP contribution >= 0.6 is 11.3 Å². The van der Waals surface area contributed by atoms with Crippen molar-refractivity contribution in [2.45, 2.75) is 26.7 Å². The zero-order valence-electron chi connectivity index (χ0n) is 12.1. The number of rotatable bonds is 3. The molecule has 1 N–H and O–H groups in total. The summed E-state index contributed by atoms with van der Waals surface area (Å²) in [7, 11) is 0. The van der Waals surface area contributed by atoms with E-state index < -0.39 is 0 Å². The highest BCUT2D eigenvalue weighted by Gasteiger charge is 2.28. The lowest BCUT2D eigenvalue weighted by Crippen LogP contribution is -2.29. The van der Waals surface area contributed by atoms with Crippen molar-refractivity contribution >= 4 is 17.2 Å². The molecule has 1 fully saturated rings. The van der Waals surface area contributed by atoms with Crippen LogP contribution in [-0.4, -0.2) is 35.6 Å². The van der Waals surface area contributed by atoms with E-state index in [9.17, 15) is 4.79 Å². The number of carbonyl (C=O) groups excluding carboxylic acids is 1. The van der Waals surface area contributed by atoms with Crippen molar-refractivity contribution in [3.05, 3.63) is 21.9 Å². The van der Waals surface area contributed by atoms with Crippen LogP contribution in [0.15, 0.2) is 11.4 Å². The third-order valence-electron chi connectivity index (χ3n) is 3.75.